The number of allylic oxidation sites excluding steroid dienone is 1. The topological polar surface area (TPSA) is 46.6 Å². The van der Waals surface area contributed by atoms with Crippen molar-refractivity contribution in [2.45, 2.75) is 53.5 Å². The first-order valence-electron chi connectivity index (χ1n) is 8.28. The third kappa shape index (κ3) is 3.69. The van der Waals surface area contributed by atoms with Gasteiger partial charge in [-0.3, -0.25) is 14.5 Å². The predicted octanol–water partition coefficient (Wildman–Crippen LogP) is 4.02. The maximum atomic E-state index is 13.1. The first kappa shape index (κ1) is 18.2. The van der Waals surface area contributed by atoms with Crippen LogP contribution in [-0.4, -0.2) is 28.9 Å². The van der Waals surface area contributed by atoms with Gasteiger partial charge in [0.05, 0.1) is 11.1 Å². The van der Waals surface area contributed by atoms with E-state index in [-0.39, 0.29) is 23.8 Å². The number of nitrogens with zero attached hydrogens (tertiary/aromatic N) is 1. The lowest BCUT2D eigenvalue weighted by Crippen LogP contribution is -2.56. The summed E-state index contributed by atoms with van der Waals surface area (Å²) in [4.78, 5) is 27.4. The van der Waals surface area contributed by atoms with Crippen LogP contribution in [0.2, 0.25) is 0 Å². The van der Waals surface area contributed by atoms with E-state index in [1.165, 1.54) is 4.90 Å². The molecule has 24 heavy (non-hydrogen) atoms. The largest absolute Gasteiger partial charge is 0.477 e. The predicted molar refractivity (Wildman–Crippen MR) is 95.0 cm³/mol. The van der Waals surface area contributed by atoms with Crippen LogP contribution in [0.3, 0.4) is 0 Å². The number of hydrogen-bond donors (Lipinski definition) is 0. The van der Waals surface area contributed by atoms with E-state index in [1.54, 1.807) is 20.8 Å². The zero-order valence-electron chi connectivity index (χ0n) is 15.5. The fourth-order valence-electron chi connectivity index (χ4n) is 2.77. The Labute approximate surface area is 144 Å². The van der Waals surface area contributed by atoms with Crippen molar-refractivity contribution in [3.63, 3.8) is 0 Å². The van der Waals surface area contributed by atoms with Gasteiger partial charge < -0.3 is 4.74 Å². The van der Waals surface area contributed by atoms with E-state index >= 15 is 0 Å². The smallest absolute Gasteiger partial charge is 0.261 e. The van der Waals surface area contributed by atoms with Crippen LogP contribution in [0.1, 0.15) is 53.5 Å². The molecule has 0 spiro atoms. The molecule has 4 heteroatoms. The zero-order chi connectivity index (χ0) is 18.1. The molecule has 1 heterocycles. The summed E-state index contributed by atoms with van der Waals surface area (Å²) < 4.78 is 5.73. The fourth-order valence-corrected chi connectivity index (χ4v) is 2.77. The van der Waals surface area contributed by atoms with Crippen molar-refractivity contribution in [3.05, 3.63) is 41.7 Å². The molecule has 130 valence electrons. The van der Waals surface area contributed by atoms with Crippen molar-refractivity contribution >= 4 is 17.3 Å². The van der Waals surface area contributed by atoms with Gasteiger partial charge in [-0.05, 0) is 31.7 Å². The SMILES string of the molecule is CC1=C(c2ccccc2)C(=O)N(C(C)(C)C(=O)CC(C)(C)C)CO1. The second-order valence-corrected chi connectivity index (χ2v) is 8.02. The van der Waals surface area contributed by atoms with E-state index < -0.39 is 5.54 Å². The molecule has 0 radical (unpaired) electrons. The second-order valence-electron chi connectivity index (χ2n) is 8.02. The zero-order valence-corrected chi connectivity index (χ0v) is 15.5. The molecular weight excluding hydrogens is 302 g/mol. The molecule has 1 aromatic carbocycles. The summed E-state index contributed by atoms with van der Waals surface area (Å²) in [6.45, 7) is 11.6. The molecule has 0 bridgehead atoms. The highest BCUT2D eigenvalue weighted by atomic mass is 16.5. The molecule has 4 nitrogen and oxygen atoms in total. The highest BCUT2D eigenvalue weighted by Crippen LogP contribution is 2.33. The van der Waals surface area contributed by atoms with E-state index in [2.05, 4.69) is 0 Å². The number of ether oxygens (including phenoxy) is 1. The maximum Gasteiger partial charge on any atom is 0.261 e. The van der Waals surface area contributed by atoms with Crippen molar-refractivity contribution in [1.29, 1.82) is 0 Å². The molecule has 1 amide bonds. The van der Waals surface area contributed by atoms with Gasteiger partial charge in [0.1, 0.15) is 5.76 Å². The summed E-state index contributed by atoms with van der Waals surface area (Å²) in [5, 5.41) is 0. The summed E-state index contributed by atoms with van der Waals surface area (Å²) in [5.74, 6) is 0.484. The number of Topliss-reactive ketones (excluding diaryl/α,β-unsaturated/α-hetero) is 1. The van der Waals surface area contributed by atoms with E-state index in [0.717, 1.165) is 5.56 Å². The van der Waals surface area contributed by atoms with Crippen LogP contribution in [0.15, 0.2) is 36.1 Å². The van der Waals surface area contributed by atoms with Crippen molar-refractivity contribution in [3.8, 4) is 0 Å². The Kier molecular flexibility index (Phi) is 4.88. The fraction of sp³-hybridized carbons (Fsp3) is 0.500. The summed E-state index contributed by atoms with van der Waals surface area (Å²) >= 11 is 0. The number of ketones is 1. The molecule has 0 saturated carbocycles. The van der Waals surface area contributed by atoms with Crippen LogP contribution in [0.5, 0.6) is 0 Å². The molecule has 0 N–H and O–H groups in total. The number of benzene rings is 1. The van der Waals surface area contributed by atoms with Crippen LogP contribution >= 0.6 is 0 Å². The van der Waals surface area contributed by atoms with Gasteiger partial charge in [0.25, 0.3) is 5.91 Å². The van der Waals surface area contributed by atoms with E-state index in [9.17, 15) is 9.59 Å². The minimum Gasteiger partial charge on any atom is -0.477 e. The quantitative estimate of drug-likeness (QED) is 0.838. The summed E-state index contributed by atoms with van der Waals surface area (Å²) in [6.07, 6.45) is 0.410. The number of carbonyl (C=O) groups excluding carboxylic acids is 2. The van der Waals surface area contributed by atoms with E-state index in [1.807, 2.05) is 51.1 Å². The van der Waals surface area contributed by atoms with Crippen molar-refractivity contribution in [2.75, 3.05) is 6.73 Å². The molecule has 0 aromatic heterocycles. The van der Waals surface area contributed by atoms with E-state index in [4.69, 9.17) is 4.74 Å². The number of amides is 1. The van der Waals surface area contributed by atoms with Crippen LogP contribution in [0.25, 0.3) is 5.57 Å². The van der Waals surface area contributed by atoms with Crippen molar-refractivity contribution in [2.24, 2.45) is 5.41 Å². The van der Waals surface area contributed by atoms with Crippen LogP contribution < -0.4 is 0 Å². The van der Waals surface area contributed by atoms with Gasteiger partial charge >= 0.3 is 0 Å². The lowest BCUT2D eigenvalue weighted by atomic mass is 9.82. The Morgan fingerprint density at radius 2 is 1.71 bits per heavy atom. The molecule has 0 aliphatic carbocycles. The minimum absolute atomic E-state index is 0.0407. The highest BCUT2D eigenvalue weighted by Gasteiger charge is 2.42. The molecule has 1 aromatic rings. The van der Waals surface area contributed by atoms with E-state index in [0.29, 0.717) is 17.8 Å². The lowest BCUT2D eigenvalue weighted by molar-refractivity contribution is -0.149. The van der Waals surface area contributed by atoms with Crippen LogP contribution in [-0.2, 0) is 14.3 Å². The first-order valence-corrected chi connectivity index (χ1v) is 8.28. The van der Waals surface area contributed by atoms with Gasteiger partial charge in [0.15, 0.2) is 12.5 Å². The molecule has 2 rings (SSSR count). The average Bonchev–Trinajstić information content (AvgIpc) is 2.46. The number of hydrogen-bond acceptors (Lipinski definition) is 3. The van der Waals surface area contributed by atoms with Gasteiger partial charge in [-0.15, -0.1) is 0 Å². The normalized spacial score (nSPS) is 16.2. The summed E-state index contributed by atoms with van der Waals surface area (Å²) in [5.41, 5.74) is 0.301. The summed E-state index contributed by atoms with van der Waals surface area (Å²) in [7, 11) is 0. The first-order chi connectivity index (χ1) is 11.0. The Balaban J connectivity index is 2.34. The monoisotopic (exact) mass is 329 g/mol. The van der Waals surface area contributed by atoms with Crippen LogP contribution in [0, 0.1) is 5.41 Å². The average molecular weight is 329 g/mol. The van der Waals surface area contributed by atoms with Gasteiger partial charge in [-0.1, -0.05) is 51.1 Å². The van der Waals surface area contributed by atoms with Gasteiger partial charge in [0.2, 0.25) is 0 Å². The third-order valence-corrected chi connectivity index (χ3v) is 4.33. The molecule has 0 saturated heterocycles. The Morgan fingerprint density at radius 3 is 2.25 bits per heavy atom. The molecule has 1 aliphatic rings. The summed E-state index contributed by atoms with van der Waals surface area (Å²) in [6, 6.07) is 9.44. The third-order valence-electron chi connectivity index (χ3n) is 4.33. The lowest BCUT2D eigenvalue weighted by Gasteiger charge is -2.41. The highest BCUT2D eigenvalue weighted by molar-refractivity contribution is 6.21. The molecule has 0 unspecified atom stereocenters. The van der Waals surface area contributed by atoms with Gasteiger partial charge in [0, 0.05) is 6.42 Å². The molecule has 1 aliphatic heterocycles. The van der Waals surface area contributed by atoms with Gasteiger partial charge in [-0.25, -0.2) is 0 Å². The van der Waals surface area contributed by atoms with Crippen molar-refractivity contribution in [1.82, 2.24) is 4.90 Å². The van der Waals surface area contributed by atoms with Crippen LogP contribution in [0.4, 0.5) is 0 Å². The Morgan fingerprint density at radius 1 is 1.12 bits per heavy atom. The maximum absolute atomic E-state index is 13.1. The Hall–Kier alpha value is -2.10. The number of rotatable bonds is 4. The molecule has 0 fully saturated rings. The molecular formula is C20H27NO3. The number of carbonyl (C=O) groups is 2. The second kappa shape index (κ2) is 6.42. The van der Waals surface area contributed by atoms with Crippen molar-refractivity contribution < 1.29 is 14.3 Å². The Bertz CT molecular complexity index is 666. The standard InChI is InChI=1S/C20H27NO3/c1-14-17(15-10-8-7-9-11-15)18(23)21(13-24-14)20(5,6)16(22)12-19(2,3)4/h7-11H,12-13H2,1-6H3. The minimum atomic E-state index is -0.912. The molecule has 0 atom stereocenters. The van der Waals surface area contributed by atoms with Gasteiger partial charge in [-0.2, -0.15) is 0 Å².